The Kier molecular flexibility index (Phi) is 6.50. The summed E-state index contributed by atoms with van der Waals surface area (Å²) in [4.78, 5) is 12.2. The van der Waals surface area contributed by atoms with Crippen molar-refractivity contribution < 1.29 is 14.3 Å². The summed E-state index contributed by atoms with van der Waals surface area (Å²) in [5, 5.41) is 2.92. The molecule has 4 nitrogen and oxygen atoms in total. The summed E-state index contributed by atoms with van der Waals surface area (Å²) in [5.41, 5.74) is 0.472. The van der Waals surface area contributed by atoms with E-state index in [9.17, 15) is 4.79 Å². The van der Waals surface area contributed by atoms with Crippen LogP contribution in [0.5, 0.6) is 11.5 Å². The van der Waals surface area contributed by atoms with Crippen molar-refractivity contribution in [3.8, 4) is 11.5 Å². The number of hydrogen-bond acceptors (Lipinski definition) is 3. The summed E-state index contributed by atoms with van der Waals surface area (Å²) in [7, 11) is 3.06. The SMILES string of the molecule is COc1cccc(C(=O)NC(C)CCCCl)c1OC. The first-order valence-corrected chi connectivity index (χ1v) is 6.75. The van der Waals surface area contributed by atoms with E-state index >= 15 is 0 Å². The first-order chi connectivity index (χ1) is 9.13. The minimum Gasteiger partial charge on any atom is -0.493 e. The molecule has 0 aromatic heterocycles. The van der Waals surface area contributed by atoms with E-state index in [1.165, 1.54) is 7.11 Å². The van der Waals surface area contributed by atoms with Crippen LogP contribution in [0.25, 0.3) is 0 Å². The first kappa shape index (κ1) is 15.6. The lowest BCUT2D eigenvalue weighted by atomic mass is 10.1. The number of methoxy groups -OCH3 is 2. The number of amides is 1. The largest absolute Gasteiger partial charge is 0.493 e. The highest BCUT2D eigenvalue weighted by molar-refractivity contribution is 6.17. The van der Waals surface area contributed by atoms with Crippen molar-refractivity contribution in [2.24, 2.45) is 0 Å². The second-order valence-electron chi connectivity index (χ2n) is 4.25. The smallest absolute Gasteiger partial charge is 0.255 e. The van der Waals surface area contributed by atoms with Crippen LogP contribution in [-0.4, -0.2) is 32.0 Å². The summed E-state index contributed by atoms with van der Waals surface area (Å²) in [6, 6.07) is 5.30. The molecule has 106 valence electrons. The fourth-order valence-electron chi connectivity index (χ4n) is 1.82. The van der Waals surface area contributed by atoms with Gasteiger partial charge in [0.15, 0.2) is 11.5 Å². The van der Waals surface area contributed by atoms with E-state index in [1.54, 1.807) is 25.3 Å². The topological polar surface area (TPSA) is 47.6 Å². The Morgan fingerprint density at radius 2 is 2.11 bits per heavy atom. The number of alkyl halides is 1. The van der Waals surface area contributed by atoms with Gasteiger partial charge in [0.2, 0.25) is 0 Å². The van der Waals surface area contributed by atoms with Crippen LogP contribution in [0.3, 0.4) is 0 Å². The molecule has 0 aliphatic heterocycles. The molecule has 1 rings (SSSR count). The van der Waals surface area contributed by atoms with Gasteiger partial charge < -0.3 is 14.8 Å². The summed E-state index contributed by atoms with van der Waals surface area (Å²) in [5.74, 6) is 1.43. The molecular weight excluding hydrogens is 266 g/mol. The van der Waals surface area contributed by atoms with Crippen LogP contribution in [0.4, 0.5) is 0 Å². The number of para-hydroxylation sites is 1. The maximum atomic E-state index is 12.2. The normalized spacial score (nSPS) is 11.8. The summed E-state index contributed by atoms with van der Waals surface area (Å²) in [6.45, 7) is 1.96. The average molecular weight is 286 g/mol. The van der Waals surface area contributed by atoms with E-state index in [4.69, 9.17) is 21.1 Å². The third-order valence-electron chi connectivity index (χ3n) is 2.80. The molecule has 1 aromatic carbocycles. The van der Waals surface area contributed by atoms with Crippen molar-refractivity contribution >= 4 is 17.5 Å². The van der Waals surface area contributed by atoms with Crippen molar-refractivity contribution in [1.82, 2.24) is 5.32 Å². The molecule has 0 heterocycles. The number of ether oxygens (including phenoxy) is 2. The number of benzene rings is 1. The van der Waals surface area contributed by atoms with Crippen LogP contribution in [0.2, 0.25) is 0 Å². The van der Waals surface area contributed by atoms with Gasteiger partial charge in [-0.15, -0.1) is 11.6 Å². The van der Waals surface area contributed by atoms with Gasteiger partial charge in [0, 0.05) is 11.9 Å². The zero-order valence-electron chi connectivity index (χ0n) is 11.5. The highest BCUT2D eigenvalue weighted by Gasteiger charge is 2.17. The van der Waals surface area contributed by atoms with Gasteiger partial charge >= 0.3 is 0 Å². The molecule has 1 N–H and O–H groups in total. The average Bonchev–Trinajstić information content (AvgIpc) is 2.43. The minimum atomic E-state index is -0.169. The highest BCUT2D eigenvalue weighted by Crippen LogP contribution is 2.30. The maximum absolute atomic E-state index is 12.2. The van der Waals surface area contributed by atoms with Crippen LogP contribution < -0.4 is 14.8 Å². The zero-order valence-corrected chi connectivity index (χ0v) is 12.3. The highest BCUT2D eigenvalue weighted by atomic mass is 35.5. The van der Waals surface area contributed by atoms with Crippen molar-refractivity contribution in [2.75, 3.05) is 20.1 Å². The molecule has 1 amide bonds. The molecule has 0 spiro atoms. The van der Waals surface area contributed by atoms with E-state index in [2.05, 4.69) is 5.32 Å². The fourth-order valence-corrected chi connectivity index (χ4v) is 1.98. The Labute approximate surface area is 119 Å². The van der Waals surface area contributed by atoms with Crippen molar-refractivity contribution in [3.05, 3.63) is 23.8 Å². The Morgan fingerprint density at radius 1 is 1.37 bits per heavy atom. The predicted molar refractivity (Wildman–Crippen MR) is 76.4 cm³/mol. The van der Waals surface area contributed by atoms with Gasteiger partial charge in [0.25, 0.3) is 5.91 Å². The Balaban J connectivity index is 2.81. The second kappa shape index (κ2) is 7.89. The molecule has 0 bridgehead atoms. The lowest BCUT2D eigenvalue weighted by Gasteiger charge is -2.16. The van der Waals surface area contributed by atoms with Crippen LogP contribution in [0, 0.1) is 0 Å². The van der Waals surface area contributed by atoms with E-state index in [1.807, 2.05) is 6.92 Å². The van der Waals surface area contributed by atoms with Crippen LogP contribution in [-0.2, 0) is 0 Å². The zero-order chi connectivity index (χ0) is 14.3. The molecule has 0 saturated carbocycles. The lowest BCUT2D eigenvalue weighted by molar-refractivity contribution is 0.0934. The Morgan fingerprint density at radius 3 is 2.68 bits per heavy atom. The molecular formula is C14H20ClNO3. The van der Waals surface area contributed by atoms with Gasteiger partial charge in [0.05, 0.1) is 19.8 Å². The van der Waals surface area contributed by atoms with E-state index < -0.39 is 0 Å². The third kappa shape index (κ3) is 4.31. The number of carbonyl (C=O) groups excluding carboxylic acids is 1. The molecule has 5 heteroatoms. The third-order valence-corrected chi connectivity index (χ3v) is 3.06. The molecule has 0 fully saturated rings. The molecule has 1 atom stereocenters. The molecule has 0 aliphatic carbocycles. The van der Waals surface area contributed by atoms with Crippen molar-refractivity contribution in [2.45, 2.75) is 25.8 Å². The van der Waals surface area contributed by atoms with Crippen LogP contribution >= 0.6 is 11.6 Å². The number of rotatable bonds is 7. The van der Waals surface area contributed by atoms with Gasteiger partial charge in [-0.1, -0.05) is 6.07 Å². The van der Waals surface area contributed by atoms with Crippen LogP contribution in [0.1, 0.15) is 30.1 Å². The molecule has 19 heavy (non-hydrogen) atoms. The Bertz CT molecular complexity index is 423. The minimum absolute atomic E-state index is 0.0714. The quantitative estimate of drug-likeness (QED) is 0.784. The van der Waals surface area contributed by atoms with Gasteiger partial charge in [-0.25, -0.2) is 0 Å². The number of halogens is 1. The van der Waals surface area contributed by atoms with Gasteiger partial charge in [-0.3, -0.25) is 4.79 Å². The predicted octanol–water partition coefficient (Wildman–Crippen LogP) is 2.84. The lowest BCUT2D eigenvalue weighted by Crippen LogP contribution is -2.32. The Hall–Kier alpha value is -1.42. The molecule has 1 unspecified atom stereocenters. The standard InChI is InChI=1S/C14H20ClNO3/c1-10(6-5-9-15)16-14(17)11-7-4-8-12(18-2)13(11)19-3/h4,7-8,10H,5-6,9H2,1-3H3,(H,16,17). The molecule has 1 aromatic rings. The van der Waals surface area contributed by atoms with Crippen molar-refractivity contribution in [3.63, 3.8) is 0 Å². The maximum Gasteiger partial charge on any atom is 0.255 e. The van der Waals surface area contributed by atoms with Gasteiger partial charge in [-0.2, -0.15) is 0 Å². The molecule has 0 saturated heterocycles. The van der Waals surface area contributed by atoms with E-state index in [-0.39, 0.29) is 11.9 Å². The fraction of sp³-hybridized carbons (Fsp3) is 0.500. The second-order valence-corrected chi connectivity index (χ2v) is 4.62. The first-order valence-electron chi connectivity index (χ1n) is 6.21. The monoisotopic (exact) mass is 285 g/mol. The summed E-state index contributed by atoms with van der Waals surface area (Å²) >= 11 is 5.64. The van der Waals surface area contributed by atoms with Gasteiger partial charge in [0.1, 0.15) is 0 Å². The number of hydrogen-bond donors (Lipinski definition) is 1. The van der Waals surface area contributed by atoms with Crippen LogP contribution in [0.15, 0.2) is 18.2 Å². The molecule has 0 aliphatic rings. The number of nitrogens with one attached hydrogen (secondary N) is 1. The molecule has 0 radical (unpaired) electrons. The van der Waals surface area contributed by atoms with Gasteiger partial charge in [-0.05, 0) is 31.9 Å². The summed E-state index contributed by atoms with van der Waals surface area (Å²) in [6.07, 6.45) is 1.72. The van der Waals surface area contributed by atoms with E-state index in [0.717, 1.165) is 12.8 Å². The summed E-state index contributed by atoms with van der Waals surface area (Å²) < 4.78 is 10.4. The number of carbonyl (C=O) groups is 1. The van der Waals surface area contributed by atoms with E-state index in [0.29, 0.717) is 22.9 Å². The van der Waals surface area contributed by atoms with Crippen molar-refractivity contribution in [1.29, 1.82) is 0 Å².